The molecule has 1 aromatic carbocycles. The molecule has 0 radical (unpaired) electrons. The van der Waals surface area contributed by atoms with Crippen LogP contribution >= 0.6 is 0 Å². The van der Waals surface area contributed by atoms with Crippen molar-refractivity contribution < 1.29 is 9.66 Å². The van der Waals surface area contributed by atoms with E-state index in [1.54, 1.807) is 6.07 Å². The van der Waals surface area contributed by atoms with Crippen molar-refractivity contribution in [3.05, 3.63) is 33.9 Å². The Hall–Kier alpha value is -2.06. The molecule has 0 aromatic heterocycles. The Bertz CT molecular complexity index is 480. The van der Waals surface area contributed by atoms with Gasteiger partial charge in [-0.2, -0.15) is 0 Å². The van der Waals surface area contributed by atoms with Crippen LogP contribution in [0.5, 0.6) is 5.75 Å². The highest BCUT2D eigenvalue weighted by molar-refractivity contribution is 5.43. The van der Waals surface area contributed by atoms with Gasteiger partial charge in [-0.25, -0.2) is 0 Å². The van der Waals surface area contributed by atoms with Gasteiger partial charge >= 0.3 is 0 Å². The van der Waals surface area contributed by atoms with Gasteiger partial charge in [0.1, 0.15) is 5.75 Å². The summed E-state index contributed by atoms with van der Waals surface area (Å²) in [6.07, 6.45) is 7.27. The van der Waals surface area contributed by atoms with Crippen LogP contribution in [-0.4, -0.2) is 18.1 Å². The number of rotatable bonds is 7. The van der Waals surface area contributed by atoms with E-state index in [1.807, 2.05) is 0 Å². The zero-order valence-electron chi connectivity index (χ0n) is 11.2. The molecule has 0 bridgehead atoms. The van der Waals surface area contributed by atoms with Crippen molar-refractivity contribution in [1.29, 1.82) is 0 Å². The van der Waals surface area contributed by atoms with E-state index < -0.39 is 4.92 Å². The van der Waals surface area contributed by atoms with Crippen molar-refractivity contribution in [3.8, 4) is 18.1 Å². The molecular weight excluding hydrogens is 244 g/mol. The van der Waals surface area contributed by atoms with Gasteiger partial charge in [-0.3, -0.25) is 15.4 Å². The smallest absolute Gasteiger partial charge is 0.270 e. The highest BCUT2D eigenvalue weighted by atomic mass is 16.6. The van der Waals surface area contributed by atoms with E-state index in [0.29, 0.717) is 12.3 Å². The van der Waals surface area contributed by atoms with Crippen LogP contribution < -0.4 is 10.1 Å². The third-order valence-electron chi connectivity index (χ3n) is 2.79. The molecule has 0 aliphatic rings. The SMILES string of the molecule is C#CC(CCC)NCc1cc([N+](=O)[O-])ccc1OC. The van der Waals surface area contributed by atoms with Gasteiger partial charge in [0.2, 0.25) is 0 Å². The molecule has 1 aromatic rings. The van der Waals surface area contributed by atoms with Gasteiger partial charge in [0.25, 0.3) is 5.69 Å². The summed E-state index contributed by atoms with van der Waals surface area (Å²) < 4.78 is 5.19. The Balaban J connectivity index is 2.83. The Morgan fingerprint density at radius 3 is 2.84 bits per heavy atom. The highest BCUT2D eigenvalue weighted by Crippen LogP contribution is 2.23. The minimum absolute atomic E-state index is 0.0334. The van der Waals surface area contributed by atoms with Crippen molar-refractivity contribution in [2.75, 3.05) is 7.11 Å². The normalized spacial score (nSPS) is 11.6. The summed E-state index contributed by atoms with van der Waals surface area (Å²) in [5, 5.41) is 14.0. The zero-order valence-corrected chi connectivity index (χ0v) is 11.2. The number of nitro groups is 1. The first-order valence-corrected chi connectivity index (χ1v) is 6.13. The topological polar surface area (TPSA) is 64.4 Å². The first-order chi connectivity index (χ1) is 9.12. The summed E-state index contributed by atoms with van der Waals surface area (Å²) in [6, 6.07) is 4.49. The highest BCUT2D eigenvalue weighted by Gasteiger charge is 2.12. The number of benzene rings is 1. The number of terminal acetylenes is 1. The second-order valence-corrected chi connectivity index (χ2v) is 4.14. The van der Waals surface area contributed by atoms with E-state index in [-0.39, 0.29) is 11.7 Å². The van der Waals surface area contributed by atoms with E-state index in [0.717, 1.165) is 18.4 Å². The maximum atomic E-state index is 10.8. The molecule has 0 spiro atoms. The lowest BCUT2D eigenvalue weighted by molar-refractivity contribution is -0.384. The van der Waals surface area contributed by atoms with Crippen LogP contribution in [0, 0.1) is 22.5 Å². The maximum Gasteiger partial charge on any atom is 0.270 e. The van der Waals surface area contributed by atoms with Crippen LogP contribution in [0.4, 0.5) is 5.69 Å². The Labute approximate surface area is 113 Å². The average Bonchev–Trinajstić information content (AvgIpc) is 2.42. The molecule has 0 saturated heterocycles. The van der Waals surface area contributed by atoms with Crippen LogP contribution in [0.2, 0.25) is 0 Å². The number of hydrogen-bond acceptors (Lipinski definition) is 4. The predicted molar refractivity (Wildman–Crippen MR) is 74.0 cm³/mol. The molecule has 5 heteroatoms. The number of hydrogen-bond donors (Lipinski definition) is 1. The summed E-state index contributed by atoms with van der Waals surface area (Å²) >= 11 is 0. The van der Waals surface area contributed by atoms with E-state index in [9.17, 15) is 10.1 Å². The van der Waals surface area contributed by atoms with E-state index >= 15 is 0 Å². The van der Waals surface area contributed by atoms with Crippen LogP contribution in [0.15, 0.2) is 18.2 Å². The second-order valence-electron chi connectivity index (χ2n) is 4.14. The van der Waals surface area contributed by atoms with Crippen molar-refractivity contribution in [2.24, 2.45) is 0 Å². The molecule has 0 aliphatic carbocycles. The molecule has 1 unspecified atom stereocenters. The van der Waals surface area contributed by atoms with Gasteiger partial charge in [-0.1, -0.05) is 19.3 Å². The Kier molecular flexibility index (Phi) is 5.83. The number of ether oxygens (including phenoxy) is 1. The fraction of sp³-hybridized carbons (Fsp3) is 0.429. The molecular formula is C14H18N2O3. The lowest BCUT2D eigenvalue weighted by Gasteiger charge is -2.13. The number of nitrogens with one attached hydrogen (secondary N) is 1. The van der Waals surface area contributed by atoms with Gasteiger partial charge in [-0.05, 0) is 12.5 Å². The van der Waals surface area contributed by atoms with Crippen molar-refractivity contribution in [3.63, 3.8) is 0 Å². The van der Waals surface area contributed by atoms with Crippen molar-refractivity contribution in [2.45, 2.75) is 32.4 Å². The van der Waals surface area contributed by atoms with Crippen LogP contribution in [0.1, 0.15) is 25.3 Å². The third-order valence-corrected chi connectivity index (χ3v) is 2.79. The average molecular weight is 262 g/mol. The van der Waals surface area contributed by atoms with Crippen LogP contribution in [-0.2, 0) is 6.54 Å². The van der Waals surface area contributed by atoms with Crippen LogP contribution in [0.3, 0.4) is 0 Å². The van der Waals surface area contributed by atoms with Gasteiger partial charge in [0, 0.05) is 24.2 Å². The number of nitrogens with zero attached hydrogens (tertiary/aromatic N) is 1. The van der Waals surface area contributed by atoms with E-state index in [2.05, 4.69) is 18.2 Å². The van der Waals surface area contributed by atoms with Crippen LogP contribution in [0.25, 0.3) is 0 Å². The summed E-state index contributed by atoms with van der Waals surface area (Å²) in [5.74, 6) is 3.28. The zero-order chi connectivity index (χ0) is 14.3. The molecule has 102 valence electrons. The minimum atomic E-state index is -0.423. The lowest BCUT2D eigenvalue weighted by Crippen LogP contribution is -2.27. The molecule has 0 fully saturated rings. The van der Waals surface area contributed by atoms with Gasteiger partial charge in [-0.15, -0.1) is 6.42 Å². The molecule has 0 heterocycles. The fourth-order valence-corrected chi connectivity index (χ4v) is 1.78. The number of methoxy groups -OCH3 is 1. The third kappa shape index (κ3) is 4.27. The summed E-state index contributed by atoms with van der Waals surface area (Å²) in [7, 11) is 1.54. The van der Waals surface area contributed by atoms with Gasteiger partial charge in [0.15, 0.2) is 0 Å². The largest absolute Gasteiger partial charge is 0.496 e. The molecule has 1 rings (SSSR count). The number of non-ortho nitro benzene ring substituents is 1. The summed E-state index contributed by atoms with van der Waals surface area (Å²) in [4.78, 5) is 10.3. The molecule has 1 atom stereocenters. The van der Waals surface area contributed by atoms with Gasteiger partial charge in [0.05, 0.1) is 18.1 Å². The first kappa shape index (κ1) is 15.0. The first-order valence-electron chi connectivity index (χ1n) is 6.13. The summed E-state index contributed by atoms with van der Waals surface area (Å²) in [6.45, 7) is 2.50. The van der Waals surface area contributed by atoms with Crippen molar-refractivity contribution >= 4 is 5.69 Å². The lowest BCUT2D eigenvalue weighted by atomic mass is 10.1. The molecule has 19 heavy (non-hydrogen) atoms. The van der Waals surface area contributed by atoms with Gasteiger partial charge < -0.3 is 4.74 Å². The monoisotopic (exact) mass is 262 g/mol. The minimum Gasteiger partial charge on any atom is -0.496 e. The Morgan fingerprint density at radius 2 is 2.32 bits per heavy atom. The second kappa shape index (κ2) is 7.39. The van der Waals surface area contributed by atoms with Crippen molar-refractivity contribution in [1.82, 2.24) is 5.32 Å². The standard InChI is InChI=1S/C14H18N2O3/c1-4-6-12(5-2)15-10-11-9-13(16(17)18)7-8-14(11)19-3/h2,7-9,12,15H,4,6,10H2,1,3H3. The quantitative estimate of drug-likeness (QED) is 0.466. The molecule has 1 N–H and O–H groups in total. The maximum absolute atomic E-state index is 10.8. The van der Waals surface area contributed by atoms with E-state index in [1.165, 1.54) is 19.2 Å². The fourth-order valence-electron chi connectivity index (χ4n) is 1.78. The molecule has 0 saturated carbocycles. The number of nitro benzene ring substituents is 1. The molecule has 0 aliphatic heterocycles. The Morgan fingerprint density at radius 1 is 1.58 bits per heavy atom. The van der Waals surface area contributed by atoms with E-state index in [4.69, 9.17) is 11.2 Å². The molecule has 0 amide bonds. The molecule has 5 nitrogen and oxygen atoms in total. The summed E-state index contributed by atoms with van der Waals surface area (Å²) in [5.41, 5.74) is 0.776. The predicted octanol–water partition coefficient (Wildman–Crippen LogP) is 2.49.